The van der Waals surface area contributed by atoms with Gasteiger partial charge in [-0.3, -0.25) is 14.4 Å². The van der Waals surface area contributed by atoms with Gasteiger partial charge in [0.1, 0.15) is 5.92 Å². The molecule has 3 aromatic carbocycles. The number of anilines is 1. The third-order valence-electron chi connectivity index (χ3n) is 7.31. The van der Waals surface area contributed by atoms with Gasteiger partial charge in [0.25, 0.3) is 0 Å². The standard InChI is InChI=1S/C30H29NO6/c1-16(32)37-22-13-11-18(14-23(22)35-4)24-25-19-9-7-6-8-17(19)10-12-20(25)31-28-26(24)21(33)15-30(2,3)27(28)29(34)36-5/h6-14,24,27,31H,15H2,1-5H3/t24-,27+/m1/s1. The number of benzene rings is 3. The summed E-state index contributed by atoms with van der Waals surface area (Å²) in [5.74, 6) is -1.32. The van der Waals surface area contributed by atoms with Crippen LogP contribution in [0, 0.1) is 11.3 Å². The molecule has 7 heteroatoms. The number of Topliss-reactive ketones (excluding diaryl/α,β-unsaturated/α-hetero) is 1. The SMILES string of the molecule is COC(=O)[C@@H]1C2=C(C(=O)CC1(C)C)[C@H](c1ccc(OC(C)=O)c(OC)c1)c1c(ccc3ccccc13)N2. The predicted octanol–water partition coefficient (Wildman–Crippen LogP) is 5.37. The Bertz CT molecular complexity index is 1480. The number of methoxy groups -OCH3 is 2. The minimum absolute atomic E-state index is 0.0285. The first-order valence-corrected chi connectivity index (χ1v) is 12.2. The van der Waals surface area contributed by atoms with Gasteiger partial charge >= 0.3 is 11.9 Å². The predicted molar refractivity (Wildman–Crippen MR) is 140 cm³/mol. The molecule has 0 unspecified atom stereocenters. The van der Waals surface area contributed by atoms with Gasteiger partial charge < -0.3 is 19.5 Å². The minimum atomic E-state index is -0.644. The molecule has 1 aliphatic heterocycles. The zero-order chi connectivity index (χ0) is 26.5. The van der Waals surface area contributed by atoms with E-state index in [1.807, 2.05) is 56.3 Å². The first-order valence-electron chi connectivity index (χ1n) is 12.2. The number of carbonyl (C=O) groups is 3. The number of allylic oxidation sites excluding steroid dienone is 1. The Morgan fingerprint density at radius 1 is 1.00 bits per heavy atom. The Morgan fingerprint density at radius 2 is 1.76 bits per heavy atom. The van der Waals surface area contributed by atoms with Crippen LogP contribution in [0.15, 0.2) is 65.9 Å². The van der Waals surface area contributed by atoms with Crippen molar-refractivity contribution in [3.63, 3.8) is 0 Å². The molecule has 37 heavy (non-hydrogen) atoms. The summed E-state index contributed by atoms with van der Waals surface area (Å²) < 4.78 is 16.1. The fourth-order valence-electron chi connectivity index (χ4n) is 5.76. The molecular formula is C30H29NO6. The van der Waals surface area contributed by atoms with Gasteiger partial charge in [0.2, 0.25) is 0 Å². The van der Waals surface area contributed by atoms with Crippen molar-refractivity contribution >= 4 is 34.2 Å². The van der Waals surface area contributed by atoms with Crippen LogP contribution in [0.25, 0.3) is 10.8 Å². The van der Waals surface area contributed by atoms with Gasteiger partial charge in [-0.1, -0.05) is 50.2 Å². The molecule has 0 spiro atoms. The number of esters is 2. The number of rotatable bonds is 4. The molecular weight excluding hydrogens is 470 g/mol. The second kappa shape index (κ2) is 9.07. The Labute approximate surface area is 215 Å². The summed E-state index contributed by atoms with van der Waals surface area (Å²) >= 11 is 0. The average molecular weight is 500 g/mol. The number of ether oxygens (including phenoxy) is 3. The molecule has 0 amide bonds. The summed E-state index contributed by atoms with van der Waals surface area (Å²) in [4.78, 5) is 38.5. The Hall–Kier alpha value is -4.13. The molecule has 0 fully saturated rings. The number of hydrogen-bond donors (Lipinski definition) is 1. The van der Waals surface area contributed by atoms with Crippen LogP contribution in [-0.4, -0.2) is 31.9 Å². The number of nitrogens with one attached hydrogen (secondary N) is 1. The van der Waals surface area contributed by atoms with Crippen LogP contribution in [0.4, 0.5) is 5.69 Å². The highest BCUT2D eigenvalue weighted by molar-refractivity contribution is 6.06. The van der Waals surface area contributed by atoms with Crippen LogP contribution in [0.1, 0.15) is 44.2 Å². The van der Waals surface area contributed by atoms with Gasteiger partial charge in [-0.2, -0.15) is 0 Å². The van der Waals surface area contributed by atoms with Gasteiger partial charge in [0.05, 0.1) is 14.2 Å². The highest BCUT2D eigenvalue weighted by atomic mass is 16.6. The maximum Gasteiger partial charge on any atom is 0.315 e. The number of carbonyl (C=O) groups excluding carboxylic acids is 3. The van der Waals surface area contributed by atoms with Gasteiger partial charge in [-0.05, 0) is 45.5 Å². The Balaban J connectivity index is 1.82. The second-order valence-corrected chi connectivity index (χ2v) is 10.2. The van der Waals surface area contributed by atoms with Crippen LogP contribution in [-0.2, 0) is 19.1 Å². The third kappa shape index (κ3) is 4.04. The fourth-order valence-corrected chi connectivity index (χ4v) is 5.76. The first kappa shape index (κ1) is 24.6. The molecule has 7 nitrogen and oxygen atoms in total. The zero-order valence-electron chi connectivity index (χ0n) is 21.5. The van der Waals surface area contributed by atoms with Crippen molar-refractivity contribution < 1.29 is 28.6 Å². The average Bonchev–Trinajstić information content (AvgIpc) is 2.86. The molecule has 0 aromatic heterocycles. The molecule has 0 saturated heterocycles. The fraction of sp³-hybridized carbons (Fsp3) is 0.300. The van der Waals surface area contributed by atoms with Crippen LogP contribution in [0.2, 0.25) is 0 Å². The Kier molecular flexibility index (Phi) is 6.02. The number of hydrogen-bond acceptors (Lipinski definition) is 7. The van der Waals surface area contributed by atoms with Crippen molar-refractivity contribution in [1.29, 1.82) is 0 Å². The number of fused-ring (bicyclic) bond motifs is 3. The molecule has 2 atom stereocenters. The summed E-state index contributed by atoms with van der Waals surface area (Å²) in [6.45, 7) is 5.16. The van der Waals surface area contributed by atoms with E-state index in [4.69, 9.17) is 14.2 Å². The van der Waals surface area contributed by atoms with Crippen LogP contribution < -0.4 is 14.8 Å². The molecule has 1 heterocycles. The van der Waals surface area contributed by atoms with E-state index in [1.54, 1.807) is 12.1 Å². The molecule has 0 radical (unpaired) electrons. The summed E-state index contributed by atoms with van der Waals surface area (Å²) in [6, 6.07) is 17.3. The van der Waals surface area contributed by atoms with E-state index in [-0.39, 0.29) is 18.2 Å². The molecule has 3 aromatic rings. The number of ketones is 1. The normalized spacial score (nSPS) is 20.0. The van der Waals surface area contributed by atoms with E-state index >= 15 is 0 Å². The monoisotopic (exact) mass is 499 g/mol. The van der Waals surface area contributed by atoms with Gasteiger partial charge in [0.15, 0.2) is 17.3 Å². The lowest BCUT2D eigenvalue weighted by atomic mass is 9.63. The third-order valence-corrected chi connectivity index (χ3v) is 7.31. The summed E-state index contributed by atoms with van der Waals surface area (Å²) in [5.41, 5.74) is 3.03. The van der Waals surface area contributed by atoms with Crippen LogP contribution >= 0.6 is 0 Å². The van der Waals surface area contributed by atoms with E-state index < -0.39 is 23.2 Å². The van der Waals surface area contributed by atoms with Gasteiger partial charge in [-0.25, -0.2) is 0 Å². The summed E-state index contributed by atoms with van der Waals surface area (Å²) in [6.07, 6.45) is 0.201. The molecule has 0 bridgehead atoms. The van der Waals surface area contributed by atoms with Crippen LogP contribution in [0.3, 0.4) is 0 Å². The summed E-state index contributed by atoms with van der Waals surface area (Å²) in [5, 5.41) is 5.50. The molecule has 2 aliphatic rings. The minimum Gasteiger partial charge on any atom is -0.493 e. The zero-order valence-corrected chi connectivity index (χ0v) is 21.5. The largest absolute Gasteiger partial charge is 0.493 e. The smallest absolute Gasteiger partial charge is 0.315 e. The van der Waals surface area contributed by atoms with E-state index in [0.29, 0.717) is 22.8 Å². The van der Waals surface area contributed by atoms with Crippen molar-refractivity contribution in [2.24, 2.45) is 11.3 Å². The lowest BCUT2D eigenvalue weighted by Gasteiger charge is -2.44. The lowest BCUT2D eigenvalue weighted by Crippen LogP contribution is -2.44. The second-order valence-electron chi connectivity index (χ2n) is 10.2. The van der Waals surface area contributed by atoms with Crippen molar-refractivity contribution in [2.45, 2.75) is 33.1 Å². The molecule has 190 valence electrons. The topological polar surface area (TPSA) is 90.9 Å². The quantitative estimate of drug-likeness (QED) is 0.381. The van der Waals surface area contributed by atoms with Crippen molar-refractivity contribution in [1.82, 2.24) is 0 Å². The van der Waals surface area contributed by atoms with E-state index in [2.05, 4.69) is 5.32 Å². The van der Waals surface area contributed by atoms with Crippen molar-refractivity contribution in [3.8, 4) is 11.5 Å². The van der Waals surface area contributed by atoms with Gasteiger partial charge in [-0.15, -0.1) is 0 Å². The maximum atomic E-state index is 13.8. The highest BCUT2D eigenvalue weighted by Crippen LogP contribution is 2.53. The molecule has 5 rings (SSSR count). The maximum absolute atomic E-state index is 13.8. The highest BCUT2D eigenvalue weighted by Gasteiger charge is 2.50. The van der Waals surface area contributed by atoms with Crippen molar-refractivity contribution in [2.75, 3.05) is 19.5 Å². The molecule has 0 saturated carbocycles. The molecule has 1 N–H and O–H groups in total. The summed E-state index contributed by atoms with van der Waals surface area (Å²) in [7, 11) is 2.87. The van der Waals surface area contributed by atoms with E-state index in [0.717, 1.165) is 27.6 Å². The first-order chi connectivity index (χ1) is 17.7. The lowest BCUT2D eigenvalue weighted by molar-refractivity contribution is -0.148. The van der Waals surface area contributed by atoms with E-state index in [1.165, 1.54) is 21.1 Å². The molecule has 1 aliphatic carbocycles. The van der Waals surface area contributed by atoms with Crippen LogP contribution in [0.5, 0.6) is 11.5 Å². The van der Waals surface area contributed by atoms with Gasteiger partial charge in [0, 0.05) is 36.2 Å². The van der Waals surface area contributed by atoms with Crippen molar-refractivity contribution in [3.05, 3.63) is 77.0 Å². The van der Waals surface area contributed by atoms with E-state index in [9.17, 15) is 14.4 Å². The Morgan fingerprint density at radius 3 is 2.46 bits per heavy atom.